The van der Waals surface area contributed by atoms with Gasteiger partial charge in [-0.2, -0.15) is 5.10 Å². The molecule has 0 bridgehead atoms. The molecule has 0 atom stereocenters. The van der Waals surface area contributed by atoms with E-state index in [9.17, 15) is 9.59 Å². The zero-order chi connectivity index (χ0) is 26.7. The second-order valence-electron chi connectivity index (χ2n) is 8.79. The maximum absolute atomic E-state index is 12.7. The number of rotatable bonds is 10. The smallest absolute Gasteiger partial charge is 0.277 e. The van der Waals surface area contributed by atoms with E-state index in [1.807, 2.05) is 29.2 Å². The fourth-order valence-corrected chi connectivity index (χ4v) is 4.16. The Morgan fingerprint density at radius 3 is 2.50 bits per heavy atom. The van der Waals surface area contributed by atoms with Crippen LogP contribution in [0.5, 0.6) is 17.2 Å². The van der Waals surface area contributed by atoms with Gasteiger partial charge in [0.2, 0.25) is 0 Å². The molecule has 9 heteroatoms. The average Bonchev–Trinajstić information content (AvgIpc) is 2.95. The van der Waals surface area contributed by atoms with Gasteiger partial charge in [0.15, 0.2) is 18.1 Å². The molecule has 1 N–H and O–H groups in total. The number of nitrogens with one attached hydrogen (secondary N) is 1. The van der Waals surface area contributed by atoms with E-state index in [4.69, 9.17) is 25.8 Å². The lowest BCUT2D eigenvalue weighted by molar-refractivity contribution is -0.123. The minimum atomic E-state index is -0.406. The third-order valence-electron chi connectivity index (χ3n) is 6.00. The van der Waals surface area contributed by atoms with Crippen molar-refractivity contribution in [3.63, 3.8) is 0 Å². The Balaban J connectivity index is 1.27. The highest BCUT2D eigenvalue weighted by atomic mass is 35.5. The molecule has 0 unspecified atom stereocenters. The molecule has 1 saturated heterocycles. The maximum atomic E-state index is 12.7. The lowest BCUT2D eigenvalue weighted by Crippen LogP contribution is -2.35. The number of benzene rings is 3. The highest BCUT2D eigenvalue weighted by Gasteiger charge is 2.18. The summed E-state index contributed by atoms with van der Waals surface area (Å²) >= 11 is 5.90. The number of carbonyl (C=O) groups excluding carboxylic acids is 2. The summed E-state index contributed by atoms with van der Waals surface area (Å²) in [5.74, 6) is 1.27. The van der Waals surface area contributed by atoms with E-state index >= 15 is 0 Å². The van der Waals surface area contributed by atoms with Crippen LogP contribution in [-0.2, 0) is 11.4 Å². The molecule has 38 heavy (non-hydrogen) atoms. The molecule has 0 aliphatic carbocycles. The molecule has 3 aromatic rings. The first-order chi connectivity index (χ1) is 18.5. The van der Waals surface area contributed by atoms with E-state index in [1.54, 1.807) is 49.6 Å². The minimum Gasteiger partial charge on any atom is -0.493 e. The third-order valence-corrected chi connectivity index (χ3v) is 6.23. The van der Waals surface area contributed by atoms with E-state index < -0.39 is 5.91 Å². The zero-order valence-electron chi connectivity index (χ0n) is 21.2. The van der Waals surface area contributed by atoms with Gasteiger partial charge < -0.3 is 19.1 Å². The summed E-state index contributed by atoms with van der Waals surface area (Å²) in [7, 11) is 1.55. The number of carbonyl (C=O) groups is 2. The number of amides is 2. The van der Waals surface area contributed by atoms with Crippen LogP contribution < -0.4 is 19.6 Å². The number of methoxy groups -OCH3 is 1. The lowest BCUT2D eigenvalue weighted by atomic mass is 10.1. The second kappa shape index (κ2) is 13.5. The predicted octanol–water partition coefficient (Wildman–Crippen LogP) is 5.08. The molecule has 2 amide bonds. The molecule has 4 rings (SSSR count). The molecule has 1 aliphatic rings. The Bertz CT molecular complexity index is 1270. The number of piperidine rings is 1. The molecule has 0 saturated carbocycles. The highest BCUT2D eigenvalue weighted by molar-refractivity contribution is 6.30. The van der Waals surface area contributed by atoms with Gasteiger partial charge in [-0.3, -0.25) is 9.59 Å². The van der Waals surface area contributed by atoms with Crippen LogP contribution in [0.2, 0.25) is 5.02 Å². The van der Waals surface area contributed by atoms with Crippen molar-refractivity contribution in [1.29, 1.82) is 0 Å². The van der Waals surface area contributed by atoms with Crippen molar-refractivity contribution in [2.24, 2.45) is 5.10 Å². The maximum Gasteiger partial charge on any atom is 0.277 e. The van der Waals surface area contributed by atoms with Crippen LogP contribution in [0.3, 0.4) is 0 Å². The highest BCUT2D eigenvalue weighted by Crippen LogP contribution is 2.28. The molecule has 1 fully saturated rings. The topological polar surface area (TPSA) is 89.5 Å². The third kappa shape index (κ3) is 7.73. The van der Waals surface area contributed by atoms with Gasteiger partial charge in [-0.05, 0) is 78.9 Å². The van der Waals surface area contributed by atoms with Gasteiger partial charge in [-0.25, -0.2) is 5.43 Å². The SMILES string of the molecule is COc1cc(/C=N/NC(=O)COc2cccc(Cl)c2)ccc1OCc1ccc(C(=O)N2CCCCC2)cc1. The van der Waals surface area contributed by atoms with E-state index in [2.05, 4.69) is 10.5 Å². The number of hydrogen-bond donors (Lipinski definition) is 1. The molecule has 0 aromatic heterocycles. The number of halogens is 1. The number of likely N-dealkylation sites (tertiary alicyclic amines) is 1. The number of nitrogens with zero attached hydrogens (tertiary/aromatic N) is 2. The molecule has 0 radical (unpaired) electrons. The molecule has 1 aliphatic heterocycles. The Hall–Kier alpha value is -4.04. The second-order valence-corrected chi connectivity index (χ2v) is 9.22. The van der Waals surface area contributed by atoms with Gasteiger partial charge in [-0.1, -0.05) is 29.8 Å². The van der Waals surface area contributed by atoms with Crippen molar-refractivity contribution in [1.82, 2.24) is 10.3 Å². The van der Waals surface area contributed by atoms with Gasteiger partial charge in [0.05, 0.1) is 13.3 Å². The van der Waals surface area contributed by atoms with E-state index in [-0.39, 0.29) is 12.5 Å². The lowest BCUT2D eigenvalue weighted by Gasteiger charge is -2.26. The molecule has 0 spiro atoms. The summed E-state index contributed by atoms with van der Waals surface area (Å²) in [6.45, 7) is 1.79. The number of hydrazone groups is 1. The van der Waals surface area contributed by atoms with Crippen molar-refractivity contribution >= 4 is 29.6 Å². The minimum absolute atomic E-state index is 0.0842. The van der Waals surface area contributed by atoms with Crippen LogP contribution in [0.4, 0.5) is 0 Å². The summed E-state index contributed by atoms with van der Waals surface area (Å²) in [6.07, 6.45) is 4.83. The standard InChI is InChI=1S/C29H30ClN3O5/c1-36-27-16-22(18-31-32-28(34)20-37-25-7-5-6-24(30)17-25)10-13-26(27)38-19-21-8-11-23(12-9-21)29(35)33-14-3-2-4-15-33/h5-13,16-18H,2-4,14-15,19-20H2,1H3,(H,32,34)/b31-18+. The quantitative estimate of drug-likeness (QED) is 0.289. The summed E-state index contributed by atoms with van der Waals surface area (Å²) in [5.41, 5.74) is 4.77. The Morgan fingerprint density at radius 1 is 0.974 bits per heavy atom. The summed E-state index contributed by atoms with van der Waals surface area (Å²) in [5, 5.41) is 4.50. The molecule has 198 valence electrons. The molecule has 3 aromatic carbocycles. The first-order valence-electron chi connectivity index (χ1n) is 12.4. The van der Waals surface area contributed by atoms with E-state index in [0.717, 1.165) is 31.5 Å². The first-order valence-corrected chi connectivity index (χ1v) is 12.8. The first kappa shape index (κ1) is 27.0. The van der Waals surface area contributed by atoms with Crippen molar-refractivity contribution in [3.8, 4) is 17.2 Å². The Kier molecular flexibility index (Phi) is 9.59. The van der Waals surface area contributed by atoms with Crippen LogP contribution in [0, 0.1) is 0 Å². The van der Waals surface area contributed by atoms with Crippen molar-refractivity contribution in [2.45, 2.75) is 25.9 Å². The Labute approximate surface area is 227 Å². The summed E-state index contributed by atoms with van der Waals surface area (Å²) in [4.78, 5) is 26.6. The fraction of sp³-hybridized carbons (Fsp3) is 0.276. The molecular formula is C29H30ClN3O5. The number of hydrogen-bond acceptors (Lipinski definition) is 6. The largest absolute Gasteiger partial charge is 0.493 e. The van der Waals surface area contributed by atoms with Gasteiger partial charge in [0.25, 0.3) is 11.8 Å². The number of ether oxygens (including phenoxy) is 3. The molecule has 1 heterocycles. The van der Waals surface area contributed by atoms with Crippen molar-refractivity contribution < 1.29 is 23.8 Å². The van der Waals surface area contributed by atoms with Crippen LogP contribution in [0.15, 0.2) is 71.8 Å². The van der Waals surface area contributed by atoms with Gasteiger partial charge in [0, 0.05) is 23.7 Å². The predicted molar refractivity (Wildman–Crippen MR) is 146 cm³/mol. The van der Waals surface area contributed by atoms with Gasteiger partial charge in [0.1, 0.15) is 12.4 Å². The van der Waals surface area contributed by atoms with Crippen molar-refractivity contribution in [3.05, 3.63) is 88.4 Å². The van der Waals surface area contributed by atoms with Crippen LogP contribution >= 0.6 is 11.6 Å². The summed E-state index contributed by atoms with van der Waals surface area (Å²) in [6, 6.07) is 19.6. The zero-order valence-corrected chi connectivity index (χ0v) is 21.9. The van der Waals surface area contributed by atoms with E-state index in [1.165, 1.54) is 12.6 Å². The monoisotopic (exact) mass is 535 g/mol. The fourth-order valence-electron chi connectivity index (χ4n) is 3.98. The van der Waals surface area contributed by atoms with Crippen LogP contribution in [-0.4, -0.2) is 49.7 Å². The normalized spacial score (nSPS) is 13.3. The average molecular weight is 536 g/mol. The Morgan fingerprint density at radius 2 is 1.76 bits per heavy atom. The van der Waals surface area contributed by atoms with Gasteiger partial charge >= 0.3 is 0 Å². The van der Waals surface area contributed by atoms with E-state index in [0.29, 0.717) is 40.0 Å². The van der Waals surface area contributed by atoms with Crippen LogP contribution in [0.1, 0.15) is 40.7 Å². The molecular weight excluding hydrogens is 506 g/mol. The molecule has 8 nitrogen and oxygen atoms in total. The summed E-state index contributed by atoms with van der Waals surface area (Å²) < 4.78 is 16.8. The van der Waals surface area contributed by atoms with Crippen LogP contribution in [0.25, 0.3) is 0 Å². The van der Waals surface area contributed by atoms with Crippen molar-refractivity contribution in [2.75, 3.05) is 26.8 Å². The van der Waals surface area contributed by atoms with Gasteiger partial charge in [-0.15, -0.1) is 0 Å².